The van der Waals surface area contributed by atoms with Crippen LogP contribution >= 0.6 is 0 Å². The first-order chi connectivity index (χ1) is 6.16. The summed E-state index contributed by atoms with van der Waals surface area (Å²) in [5.41, 5.74) is -0.370. The predicted octanol–water partition coefficient (Wildman–Crippen LogP) is 1.51. The van der Waals surface area contributed by atoms with Crippen LogP contribution < -0.4 is 0 Å². The second-order valence-electron chi connectivity index (χ2n) is 5.25. The SMILES string of the molecule is CC(C)C(O)CN(C)C(=O)C(C)(C)C. The Labute approximate surface area is 87.1 Å². The molecule has 0 aromatic carbocycles. The van der Waals surface area contributed by atoms with E-state index in [1.807, 2.05) is 34.6 Å². The Hall–Kier alpha value is -0.570. The second-order valence-corrected chi connectivity index (χ2v) is 5.25. The maximum absolute atomic E-state index is 11.7. The molecule has 0 saturated heterocycles. The molecule has 0 heterocycles. The average Bonchev–Trinajstić information content (AvgIpc) is 2.00. The topological polar surface area (TPSA) is 40.5 Å². The van der Waals surface area contributed by atoms with Crippen molar-refractivity contribution < 1.29 is 9.90 Å². The van der Waals surface area contributed by atoms with Gasteiger partial charge in [-0.1, -0.05) is 34.6 Å². The quantitative estimate of drug-likeness (QED) is 0.752. The zero-order valence-corrected chi connectivity index (χ0v) is 10.2. The van der Waals surface area contributed by atoms with Crippen LogP contribution in [0.1, 0.15) is 34.6 Å². The lowest BCUT2D eigenvalue weighted by Crippen LogP contribution is -2.42. The van der Waals surface area contributed by atoms with Gasteiger partial charge >= 0.3 is 0 Å². The standard InChI is InChI=1S/C11H23NO2/c1-8(2)9(13)7-12(6)10(14)11(3,4)5/h8-9,13H,7H2,1-6H3. The van der Waals surface area contributed by atoms with Gasteiger partial charge < -0.3 is 10.0 Å². The van der Waals surface area contributed by atoms with Crippen molar-refractivity contribution in [3.05, 3.63) is 0 Å². The predicted molar refractivity (Wildman–Crippen MR) is 57.9 cm³/mol. The number of carbonyl (C=O) groups excluding carboxylic acids is 1. The zero-order chi connectivity index (χ0) is 11.5. The van der Waals surface area contributed by atoms with Gasteiger partial charge in [0.2, 0.25) is 5.91 Å². The lowest BCUT2D eigenvalue weighted by atomic mass is 9.94. The molecule has 0 fully saturated rings. The molecule has 14 heavy (non-hydrogen) atoms. The third-order valence-electron chi connectivity index (χ3n) is 2.22. The van der Waals surface area contributed by atoms with Crippen LogP contribution in [0.15, 0.2) is 0 Å². The van der Waals surface area contributed by atoms with E-state index in [2.05, 4.69) is 0 Å². The molecule has 1 unspecified atom stereocenters. The first-order valence-electron chi connectivity index (χ1n) is 5.10. The lowest BCUT2D eigenvalue weighted by Gasteiger charge is -2.28. The molecule has 0 aliphatic heterocycles. The molecule has 0 aromatic heterocycles. The summed E-state index contributed by atoms with van der Waals surface area (Å²) in [5.74, 6) is 0.252. The number of hydrogen-bond donors (Lipinski definition) is 1. The van der Waals surface area contributed by atoms with E-state index >= 15 is 0 Å². The van der Waals surface area contributed by atoms with Crippen LogP contribution in [0.25, 0.3) is 0 Å². The van der Waals surface area contributed by atoms with E-state index in [4.69, 9.17) is 0 Å². The number of rotatable bonds is 3. The molecule has 1 N–H and O–H groups in total. The van der Waals surface area contributed by atoms with Crippen molar-refractivity contribution in [1.29, 1.82) is 0 Å². The summed E-state index contributed by atoms with van der Waals surface area (Å²) >= 11 is 0. The molecule has 3 heteroatoms. The number of likely N-dealkylation sites (N-methyl/N-ethyl adjacent to an activating group) is 1. The Morgan fingerprint density at radius 1 is 1.36 bits per heavy atom. The van der Waals surface area contributed by atoms with Crippen LogP contribution in [0.5, 0.6) is 0 Å². The number of carbonyl (C=O) groups is 1. The summed E-state index contributed by atoms with van der Waals surface area (Å²) in [6.07, 6.45) is -0.439. The molecule has 0 bridgehead atoms. The fourth-order valence-electron chi connectivity index (χ4n) is 1.15. The van der Waals surface area contributed by atoms with Crippen molar-refractivity contribution in [2.75, 3.05) is 13.6 Å². The monoisotopic (exact) mass is 201 g/mol. The lowest BCUT2D eigenvalue weighted by molar-refractivity contribution is -0.139. The molecule has 0 saturated carbocycles. The molecule has 0 spiro atoms. The van der Waals surface area contributed by atoms with Gasteiger partial charge in [-0.15, -0.1) is 0 Å². The van der Waals surface area contributed by atoms with Crippen molar-refractivity contribution in [3.8, 4) is 0 Å². The second kappa shape index (κ2) is 4.78. The normalized spacial score (nSPS) is 14.3. The molecule has 84 valence electrons. The Bertz CT molecular complexity index is 194. The Morgan fingerprint density at radius 3 is 2.07 bits per heavy atom. The fraction of sp³-hybridized carbons (Fsp3) is 0.909. The highest BCUT2D eigenvalue weighted by Crippen LogP contribution is 2.17. The summed E-state index contributed by atoms with van der Waals surface area (Å²) in [4.78, 5) is 13.3. The van der Waals surface area contributed by atoms with E-state index in [0.29, 0.717) is 6.54 Å². The minimum Gasteiger partial charge on any atom is -0.391 e. The molecule has 1 amide bonds. The van der Waals surface area contributed by atoms with Crippen LogP contribution in [0.3, 0.4) is 0 Å². The third kappa shape index (κ3) is 4.09. The van der Waals surface area contributed by atoms with E-state index in [0.717, 1.165) is 0 Å². The van der Waals surface area contributed by atoms with Crippen molar-refractivity contribution in [2.24, 2.45) is 11.3 Å². The molecular formula is C11H23NO2. The van der Waals surface area contributed by atoms with E-state index < -0.39 is 6.10 Å². The number of hydrogen-bond acceptors (Lipinski definition) is 2. The zero-order valence-electron chi connectivity index (χ0n) is 10.2. The van der Waals surface area contributed by atoms with E-state index in [1.54, 1.807) is 11.9 Å². The van der Waals surface area contributed by atoms with E-state index in [9.17, 15) is 9.90 Å². The maximum Gasteiger partial charge on any atom is 0.227 e. The van der Waals surface area contributed by atoms with Gasteiger partial charge in [-0.3, -0.25) is 4.79 Å². The largest absolute Gasteiger partial charge is 0.391 e. The van der Waals surface area contributed by atoms with Crippen LogP contribution in [0.2, 0.25) is 0 Å². The minimum absolute atomic E-state index is 0.0669. The van der Waals surface area contributed by atoms with E-state index in [-0.39, 0.29) is 17.2 Å². The van der Waals surface area contributed by atoms with Crippen LogP contribution in [-0.2, 0) is 4.79 Å². The van der Waals surface area contributed by atoms with Gasteiger partial charge in [-0.05, 0) is 5.92 Å². The number of aliphatic hydroxyl groups is 1. The van der Waals surface area contributed by atoms with Gasteiger partial charge in [0.25, 0.3) is 0 Å². The van der Waals surface area contributed by atoms with Crippen LogP contribution in [-0.4, -0.2) is 35.6 Å². The van der Waals surface area contributed by atoms with Crippen LogP contribution in [0, 0.1) is 11.3 Å². The minimum atomic E-state index is -0.439. The third-order valence-corrected chi connectivity index (χ3v) is 2.22. The fourth-order valence-corrected chi connectivity index (χ4v) is 1.15. The first-order valence-corrected chi connectivity index (χ1v) is 5.10. The maximum atomic E-state index is 11.7. The molecule has 0 aliphatic rings. The van der Waals surface area contributed by atoms with Gasteiger partial charge in [-0.2, -0.15) is 0 Å². The first kappa shape index (κ1) is 13.4. The smallest absolute Gasteiger partial charge is 0.227 e. The van der Waals surface area contributed by atoms with Gasteiger partial charge in [0.05, 0.1) is 6.10 Å². The van der Waals surface area contributed by atoms with Crippen molar-refractivity contribution in [3.63, 3.8) is 0 Å². The molecular weight excluding hydrogens is 178 g/mol. The highest BCUT2D eigenvalue weighted by molar-refractivity contribution is 5.81. The van der Waals surface area contributed by atoms with Crippen molar-refractivity contribution in [1.82, 2.24) is 4.90 Å². The summed E-state index contributed by atoms with van der Waals surface area (Å²) in [6, 6.07) is 0. The summed E-state index contributed by atoms with van der Waals surface area (Å²) in [5, 5.41) is 9.62. The van der Waals surface area contributed by atoms with E-state index in [1.165, 1.54) is 0 Å². The highest BCUT2D eigenvalue weighted by atomic mass is 16.3. The van der Waals surface area contributed by atoms with Crippen molar-refractivity contribution in [2.45, 2.75) is 40.7 Å². The molecule has 0 aliphatic carbocycles. The Morgan fingerprint density at radius 2 is 1.79 bits per heavy atom. The Kier molecular flexibility index (Phi) is 4.59. The molecule has 3 nitrogen and oxygen atoms in total. The number of amides is 1. The van der Waals surface area contributed by atoms with Gasteiger partial charge in [0.1, 0.15) is 0 Å². The summed E-state index contributed by atoms with van der Waals surface area (Å²) < 4.78 is 0. The van der Waals surface area contributed by atoms with Gasteiger partial charge in [0, 0.05) is 19.0 Å². The highest BCUT2D eigenvalue weighted by Gasteiger charge is 2.26. The summed E-state index contributed by atoms with van der Waals surface area (Å²) in [6.45, 7) is 9.95. The molecule has 0 radical (unpaired) electrons. The number of aliphatic hydroxyl groups excluding tert-OH is 1. The number of nitrogens with zero attached hydrogens (tertiary/aromatic N) is 1. The van der Waals surface area contributed by atoms with Gasteiger partial charge in [0.15, 0.2) is 0 Å². The average molecular weight is 201 g/mol. The molecule has 1 atom stereocenters. The molecule has 0 rings (SSSR count). The Balaban J connectivity index is 4.22. The van der Waals surface area contributed by atoms with Crippen molar-refractivity contribution >= 4 is 5.91 Å². The van der Waals surface area contributed by atoms with Gasteiger partial charge in [-0.25, -0.2) is 0 Å². The molecule has 0 aromatic rings. The van der Waals surface area contributed by atoms with Crippen LogP contribution in [0.4, 0.5) is 0 Å². The summed E-state index contributed by atoms with van der Waals surface area (Å²) in [7, 11) is 1.74.